The van der Waals surface area contributed by atoms with Crippen molar-refractivity contribution in [1.29, 1.82) is 0 Å². The topological polar surface area (TPSA) is 102 Å². The van der Waals surface area contributed by atoms with Gasteiger partial charge in [-0.15, -0.1) is 0 Å². The van der Waals surface area contributed by atoms with E-state index in [0.29, 0.717) is 5.56 Å². The van der Waals surface area contributed by atoms with E-state index in [1.54, 1.807) is 12.1 Å². The van der Waals surface area contributed by atoms with E-state index < -0.39 is 23.2 Å². The Morgan fingerprint density at radius 2 is 2.32 bits per heavy atom. The largest absolute Gasteiger partial charge is 0.394 e. The Kier molecular flexibility index (Phi) is 4.43. The van der Waals surface area contributed by atoms with Crippen LogP contribution in [0.1, 0.15) is 5.56 Å². The van der Waals surface area contributed by atoms with Crippen molar-refractivity contribution in [3.05, 3.63) is 39.9 Å². The van der Waals surface area contributed by atoms with Gasteiger partial charge in [0.15, 0.2) is 0 Å². The van der Waals surface area contributed by atoms with Crippen molar-refractivity contribution in [3.63, 3.8) is 0 Å². The molecule has 2 rings (SSSR count). The summed E-state index contributed by atoms with van der Waals surface area (Å²) < 4.78 is 10.6. The van der Waals surface area contributed by atoms with Crippen LogP contribution < -0.4 is 0 Å². The average Bonchev–Trinajstić information content (AvgIpc) is 2.77. The third kappa shape index (κ3) is 3.27. The Balaban J connectivity index is 1.92. The van der Waals surface area contributed by atoms with Gasteiger partial charge in [0.05, 0.1) is 24.7 Å². The first-order valence-electron chi connectivity index (χ1n) is 5.87. The first-order chi connectivity index (χ1) is 9.11. The molecule has 7 heteroatoms. The highest BCUT2D eigenvalue weighted by atomic mass is 16.6. The van der Waals surface area contributed by atoms with Gasteiger partial charge in [-0.2, -0.15) is 0 Å². The summed E-state index contributed by atoms with van der Waals surface area (Å²) >= 11 is 0. The molecule has 1 aromatic rings. The third-order valence-corrected chi connectivity index (χ3v) is 3.00. The molecule has 1 fully saturated rings. The number of aliphatic hydroxyl groups excluding tert-OH is 2. The first kappa shape index (κ1) is 13.9. The van der Waals surface area contributed by atoms with Gasteiger partial charge in [-0.1, -0.05) is 12.1 Å². The van der Waals surface area contributed by atoms with E-state index in [4.69, 9.17) is 14.6 Å². The number of nitrogens with zero attached hydrogens (tertiary/aromatic N) is 1. The number of hydrogen-bond acceptors (Lipinski definition) is 6. The molecule has 0 aromatic heterocycles. The van der Waals surface area contributed by atoms with E-state index in [2.05, 4.69) is 0 Å². The molecule has 0 spiro atoms. The Bertz CT molecular complexity index is 452. The summed E-state index contributed by atoms with van der Waals surface area (Å²) in [5.41, 5.74) is 0.645. The molecule has 1 aliphatic rings. The second-order valence-electron chi connectivity index (χ2n) is 4.32. The van der Waals surface area contributed by atoms with Crippen molar-refractivity contribution in [1.82, 2.24) is 0 Å². The van der Waals surface area contributed by atoms with Crippen LogP contribution in [-0.4, -0.2) is 46.7 Å². The van der Waals surface area contributed by atoms with Gasteiger partial charge < -0.3 is 19.7 Å². The first-order valence-corrected chi connectivity index (χ1v) is 5.87. The summed E-state index contributed by atoms with van der Waals surface area (Å²) in [5, 5.41) is 29.3. The molecule has 1 aliphatic heterocycles. The molecule has 3 atom stereocenters. The minimum Gasteiger partial charge on any atom is -0.394 e. The second-order valence-corrected chi connectivity index (χ2v) is 4.32. The van der Waals surface area contributed by atoms with E-state index in [-0.39, 0.29) is 25.5 Å². The van der Waals surface area contributed by atoms with Crippen molar-refractivity contribution < 1.29 is 24.6 Å². The standard InChI is InChI=1S/C12H15NO6/c14-5-10-12(15)11(7-19-10)18-6-8-2-1-3-9(4-8)13(16)17/h1-4,10-12,14-15H,5-7H2/t10-,11+,12-/m1/s1. The molecule has 0 saturated carbocycles. The lowest BCUT2D eigenvalue weighted by molar-refractivity contribution is -0.385. The number of rotatable bonds is 5. The molecule has 0 radical (unpaired) electrons. The second kappa shape index (κ2) is 6.07. The Morgan fingerprint density at radius 3 is 2.95 bits per heavy atom. The maximum absolute atomic E-state index is 10.6. The number of hydrogen-bond donors (Lipinski definition) is 2. The van der Waals surface area contributed by atoms with Gasteiger partial charge in [-0.05, 0) is 5.56 Å². The molecular weight excluding hydrogens is 254 g/mol. The fourth-order valence-electron chi connectivity index (χ4n) is 1.93. The van der Waals surface area contributed by atoms with Gasteiger partial charge in [-0.3, -0.25) is 10.1 Å². The Labute approximate surface area is 109 Å². The van der Waals surface area contributed by atoms with Crippen LogP contribution in [0, 0.1) is 10.1 Å². The summed E-state index contributed by atoms with van der Waals surface area (Å²) in [6.45, 7) is 0.0735. The molecule has 0 unspecified atom stereocenters. The molecule has 19 heavy (non-hydrogen) atoms. The molecule has 0 amide bonds. The van der Waals surface area contributed by atoms with Crippen LogP contribution in [0.4, 0.5) is 5.69 Å². The van der Waals surface area contributed by atoms with Crippen LogP contribution in [0.5, 0.6) is 0 Å². The third-order valence-electron chi connectivity index (χ3n) is 3.00. The van der Waals surface area contributed by atoms with Crippen LogP contribution in [-0.2, 0) is 16.1 Å². The van der Waals surface area contributed by atoms with Crippen molar-refractivity contribution in [2.75, 3.05) is 13.2 Å². The smallest absolute Gasteiger partial charge is 0.269 e. The lowest BCUT2D eigenvalue weighted by atomic mass is 10.1. The fourth-order valence-corrected chi connectivity index (χ4v) is 1.93. The molecule has 0 bridgehead atoms. The molecule has 1 aromatic carbocycles. The minimum atomic E-state index is -0.885. The predicted octanol–water partition coefficient (Wildman–Crippen LogP) is 0.232. The monoisotopic (exact) mass is 269 g/mol. The van der Waals surface area contributed by atoms with Crippen molar-refractivity contribution in [2.24, 2.45) is 0 Å². The van der Waals surface area contributed by atoms with Crippen LogP contribution in [0.25, 0.3) is 0 Å². The van der Waals surface area contributed by atoms with Gasteiger partial charge in [0.1, 0.15) is 18.3 Å². The highest BCUT2D eigenvalue weighted by Gasteiger charge is 2.36. The number of ether oxygens (including phenoxy) is 2. The molecular formula is C12H15NO6. The zero-order chi connectivity index (χ0) is 13.8. The number of benzene rings is 1. The maximum Gasteiger partial charge on any atom is 0.269 e. The molecule has 1 saturated heterocycles. The van der Waals surface area contributed by atoms with E-state index in [9.17, 15) is 15.2 Å². The summed E-state index contributed by atoms with van der Waals surface area (Å²) in [7, 11) is 0. The highest BCUT2D eigenvalue weighted by Crippen LogP contribution is 2.19. The SMILES string of the molecule is O=[N+]([O-])c1cccc(CO[C@H]2CO[C@H](CO)[C@H]2O)c1. The summed E-state index contributed by atoms with van der Waals surface area (Å²) in [6, 6.07) is 6.11. The minimum absolute atomic E-state index is 0.00226. The van der Waals surface area contributed by atoms with Crippen LogP contribution >= 0.6 is 0 Å². The lowest BCUT2D eigenvalue weighted by Crippen LogP contribution is -2.33. The van der Waals surface area contributed by atoms with Crippen LogP contribution in [0.2, 0.25) is 0 Å². The summed E-state index contributed by atoms with van der Waals surface area (Å²) in [6.07, 6.45) is -2.05. The van der Waals surface area contributed by atoms with Crippen LogP contribution in [0.3, 0.4) is 0 Å². The molecule has 0 aliphatic carbocycles. The number of aliphatic hydroxyl groups is 2. The van der Waals surface area contributed by atoms with Gasteiger partial charge in [0, 0.05) is 12.1 Å². The Morgan fingerprint density at radius 1 is 1.53 bits per heavy atom. The van der Waals surface area contributed by atoms with Crippen LogP contribution in [0.15, 0.2) is 24.3 Å². The highest BCUT2D eigenvalue weighted by molar-refractivity contribution is 5.33. The van der Waals surface area contributed by atoms with Crippen molar-refractivity contribution in [2.45, 2.75) is 24.9 Å². The molecule has 2 N–H and O–H groups in total. The average molecular weight is 269 g/mol. The summed E-state index contributed by atoms with van der Waals surface area (Å²) in [4.78, 5) is 10.2. The Hall–Kier alpha value is -1.54. The normalized spacial score (nSPS) is 26.5. The van der Waals surface area contributed by atoms with E-state index in [1.807, 2.05) is 0 Å². The zero-order valence-electron chi connectivity index (χ0n) is 10.1. The predicted molar refractivity (Wildman–Crippen MR) is 64.5 cm³/mol. The van der Waals surface area contributed by atoms with Crippen molar-refractivity contribution >= 4 is 5.69 Å². The van der Waals surface area contributed by atoms with Crippen molar-refractivity contribution in [3.8, 4) is 0 Å². The van der Waals surface area contributed by atoms with E-state index in [0.717, 1.165) is 0 Å². The van der Waals surface area contributed by atoms with Gasteiger partial charge in [0.2, 0.25) is 0 Å². The molecule has 7 nitrogen and oxygen atoms in total. The zero-order valence-corrected chi connectivity index (χ0v) is 10.1. The van der Waals surface area contributed by atoms with Gasteiger partial charge in [0.25, 0.3) is 5.69 Å². The number of nitro benzene ring substituents is 1. The maximum atomic E-state index is 10.6. The molecule has 104 valence electrons. The van der Waals surface area contributed by atoms with E-state index in [1.165, 1.54) is 12.1 Å². The quantitative estimate of drug-likeness (QED) is 0.586. The fraction of sp³-hybridized carbons (Fsp3) is 0.500. The lowest BCUT2D eigenvalue weighted by Gasteiger charge is -2.16. The molecule has 1 heterocycles. The van der Waals surface area contributed by atoms with Gasteiger partial charge in [-0.25, -0.2) is 0 Å². The van der Waals surface area contributed by atoms with E-state index >= 15 is 0 Å². The van der Waals surface area contributed by atoms with Gasteiger partial charge >= 0.3 is 0 Å². The number of nitro groups is 1. The number of non-ortho nitro benzene ring substituents is 1. The summed E-state index contributed by atoms with van der Waals surface area (Å²) in [5.74, 6) is 0.